The number of nitrogens with two attached hydrogens (primary N) is 2. The summed E-state index contributed by atoms with van der Waals surface area (Å²) in [6.07, 6.45) is 0. The molecule has 2 unspecified atom stereocenters. The second-order valence-electron chi connectivity index (χ2n) is 3.18. The van der Waals surface area contributed by atoms with Gasteiger partial charge in [-0.15, -0.1) is 0 Å². The van der Waals surface area contributed by atoms with Gasteiger partial charge in [-0.2, -0.15) is 0 Å². The molecular formula is C9H11F3N2. The lowest BCUT2D eigenvalue weighted by molar-refractivity contribution is 0.463. The highest BCUT2D eigenvalue weighted by Crippen LogP contribution is 2.20. The molecule has 1 aromatic rings. The van der Waals surface area contributed by atoms with Gasteiger partial charge in [-0.1, -0.05) is 0 Å². The molecule has 0 amide bonds. The van der Waals surface area contributed by atoms with Gasteiger partial charge in [-0.3, -0.25) is 0 Å². The average molecular weight is 204 g/mol. The van der Waals surface area contributed by atoms with E-state index in [0.29, 0.717) is 6.07 Å². The third-order valence-corrected chi connectivity index (χ3v) is 1.95. The molecule has 0 spiro atoms. The van der Waals surface area contributed by atoms with Gasteiger partial charge < -0.3 is 11.5 Å². The first-order valence-electron chi connectivity index (χ1n) is 4.09. The number of hydrogen-bond acceptors (Lipinski definition) is 2. The fourth-order valence-electron chi connectivity index (χ4n) is 1.10. The van der Waals surface area contributed by atoms with Crippen molar-refractivity contribution < 1.29 is 13.2 Å². The van der Waals surface area contributed by atoms with E-state index in [9.17, 15) is 13.2 Å². The summed E-state index contributed by atoms with van der Waals surface area (Å²) in [6, 6.07) is -0.176. The number of rotatable bonds is 2. The monoisotopic (exact) mass is 204 g/mol. The van der Waals surface area contributed by atoms with Crippen molar-refractivity contribution in [2.75, 3.05) is 0 Å². The van der Waals surface area contributed by atoms with E-state index in [0.717, 1.165) is 6.07 Å². The molecule has 2 nitrogen and oxygen atoms in total. The normalized spacial score (nSPS) is 15.3. The molecule has 0 heterocycles. The molecule has 78 valence electrons. The van der Waals surface area contributed by atoms with E-state index >= 15 is 0 Å². The van der Waals surface area contributed by atoms with Crippen molar-refractivity contribution >= 4 is 0 Å². The van der Waals surface area contributed by atoms with Crippen LogP contribution in [-0.4, -0.2) is 6.04 Å². The molecule has 2 atom stereocenters. The molecule has 5 heteroatoms. The Morgan fingerprint density at radius 1 is 1.14 bits per heavy atom. The molecule has 0 fully saturated rings. The summed E-state index contributed by atoms with van der Waals surface area (Å²) in [6.45, 7) is 1.53. The smallest absolute Gasteiger partial charge is 0.163 e. The predicted molar refractivity (Wildman–Crippen MR) is 46.9 cm³/mol. The van der Waals surface area contributed by atoms with Gasteiger partial charge in [0.2, 0.25) is 0 Å². The van der Waals surface area contributed by atoms with E-state index in [2.05, 4.69) is 0 Å². The molecule has 0 saturated carbocycles. The summed E-state index contributed by atoms with van der Waals surface area (Å²) in [4.78, 5) is 0. The van der Waals surface area contributed by atoms with Crippen molar-refractivity contribution in [3.05, 3.63) is 35.1 Å². The first-order chi connectivity index (χ1) is 6.43. The van der Waals surface area contributed by atoms with Crippen LogP contribution in [0, 0.1) is 17.5 Å². The van der Waals surface area contributed by atoms with Crippen molar-refractivity contribution in [2.24, 2.45) is 11.5 Å². The van der Waals surface area contributed by atoms with E-state index < -0.39 is 29.5 Å². The average Bonchev–Trinajstić information content (AvgIpc) is 2.09. The molecule has 14 heavy (non-hydrogen) atoms. The maximum Gasteiger partial charge on any atom is 0.163 e. The Morgan fingerprint density at radius 2 is 1.71 bits per heavy atom. The predicted octanol–water partition coefficient (Wildman–Crippen LogP) is 1.45. The summed E-state index contributed by atoms with van der Waals surface area (Å²) in [5.74, 6) is -3.26. The van der Waals surface area contributed by atoms with E-state index in [1.165, 1.54) is 6.92 Å². The van der Waals surface area contributed by atoms with Crippen LogP contribution in [0.15, 0.2) is 12.1 Å². The van der Waals surface area contributed by atoms with Gasteiger partial charge in [0.25, 0.3) is 0 Å². The van der Waals surface area contributed by atoms with Crippen LogP contribution in [0.3, 0.4) is 0 Å². The van der Waals surface area contributed by atoms with E-state index in [4.69, 9.17) is 11.5 Å². The first kappa shape index (κ1) is 11.0. The van der Waals surface area contributed by atoms with Crippen LogP contribution in [0.2, 0.25) is 0 Å². The Kier molecular flexibility index (Phi) is 3.13. The van der Waals surface area contributed by atoms with Crippen LogP contribution in [0.25, 0.3) is 0 Å². The Bertz CT molecular complexity index is 339. The van der Waals surface area contributed by atoms with E-state index in [1.54, 1.807) is 0 Å². The standard InChI is InChI=1S/C9H11F3N2/c1-4(13)9(14)6-2-5(10)3-7(11)8(6)12/h2-4,9H,13-14H2,1H3. The molecule has 4 N–H and O–H groups in total. The third-order valence-electron chi connectivity index (χ3n) is 1.95. The topological polar surface area (TPSA) is 52.0 Å². The van der Waals surface area contributed by atoms with E-state index in [-0.39, 0.29) is 5.56 Å². The number of benzene rings is 1. The zero-order valence-electron chi connectivity index (χ0n) is 7.60. The van der Waals surface area contributed by atoms with Crippen molar-refractivity contribution in [1.29, 1.82) is 0 Å². The lowest BCUT2D eigenvalue weighted by atomic mass is 10.0. The number of halogens is 3. The first-order valence-corrected chi connectivity index (χ1v) is 4.09. The molecular weight excluding hydrogens is 193 g/mol. The SMILES string of the molecule is CC(N)C(N)c1cc(F)cc(F)c1F. The largest absolute Gasteiger partial charge is 0.326 e. The lowest BCUT2D eigenvalue weighted by Crippen LogP contribution is -2.32. The Balaban J connectivity index is 3.20. The minimum absolute atomic E-state index is 0.238. The highest BCUT2D eigenvalue weighted by molar-refractivity contribution is 5.24. The van der Waals surface area contributed by atoms with Gasteiger partial charge in [0.05, 0.1) is 0 Å². The van der Waals surface area contributed by atoms with Crippen molar-refractivity contribution in [1.82, 2.24) is 0 Å². The van der Waals surface area contributed by atoms with Gasteiger partial charge in [-0.05, 0) is 13.0 Å². The van der Waals surface area contributed by atoms with Crippen LogP contribution >= 0.6 is 0 Å². The second kappa shape index (κ2) is 3.98. The molecule has 1 aromatic carbocycles. The molecule has 0 aromatic heterocycles. The minimum Gasteiger partial charge on any atom is -0.326 e. The van der Waals surface area contributed by atoms with Crippen LogP contribution < -0.4 is 11.5 Å². The molecule has 0 bridgehead atoms. The quantitative estimate of drug-likeness (QED) is 0.716. The molecule has 1 rings (SSSR count). The molecule has 0 aliphatic carbocycles. The highest BCUT2D eigenvalue weighted by Gasteiger charge is 2.19. The fourth-order valence-corrected chi connectivity index (χ4v) is 1.10. The van der Waals surface area contributed by atoms with Gasteiger partial charge in [0.15, 0.2) is 11.6 Å². The minimum atomic E-state index is -1.25. The van der Waals surface area contributed by atoms with E-state index in [1.807, 2.05) is 0 Å². The van der Waals surface area contributed by atoms with Crippen LogP contribution in [0.4, 0.5) is 13.2 Å². The molecule has 0 radical (unpaired) electrons. The zero-order valence-corrected chi connectivity index (χ0v) is 7.60. The maximum absolute atomic E-state index is 13.1. The zero-order chi connectivity index (χ0) is 10.9. The maximum atomic E-state index is 13.1. The van der Waals surface area contributed by atoms with Crippen LogP contribution in [0.1, 0.15) is 18.5 Å². The summed E-state index contributed by atoms with van der Waals surface area (Å²) >= 11 is 0. The van der Waals surface area contributed by atoms with Crippen LogP contribution in [0.5, 0.6) is 0 Å². The lowest BCUT2D eigenvalue weighted by Gasteiger charge is -2.16. The molecule has 0 saturated heterocycles. The summed E-state index contributed by atoms with van der Waals surface area (Å²) < 4.78 is 38.6. The van der Waals surface area contributed by atoms with Gasteiger partial charge in [0, 0.05) is 23.7 Å². The summed E-state index contributed by atoms with van der Waals surface area (Å²) in [7, 11) is 0. The third kappa shape index (κ3) is 2.05. The van der Waals surface area contributed by atoms with Crippen molar-refractivity contribution in [3.8, 4) is 0 Å². The molecule has 0 aliphatic heterocycles. The summed E-state index contributed by atoms with van der Waals surface area (Å²) in [5, 5.41) is 0. The second-order valence-corrected chi connectivity index (χ2v) is 3.18. The fraction of sp³-hybridized carbons (Fsp3) is 0.333. The van der Waals surface area contributed by atoms with Gasteiger partial charge >= 0.3 is 0 Å². The van der Waals surface area contributed by atoms with Crippen molar-refractivity contribution in [3.63, 3.8) is 0 Å². The Hall–Kier alpha value is -1.07. The van der Waals surface area contributed by atoms with Crippen LogP contribution in [-0.2, 0) is 0 Å². The highest BCUT2D eigenvalue weighted by atomic mass is 19.2. The van der Waals surface area contributed by atoms with Gasteiger partial charge in [-0.25, -0.2) is 13.2 Å². The number of hydrogen-bond donors (Lipinski definition) is 2. The Labute approximate surface area is 79.7 Å². The summed E-state index contributed by atoms with van der Waals surface area (Å²) in [5.41, 5.74) is 10.6. The Morgan fingerprint density at radius 3 is 2.21 bits per heavy atom. The van der Waals surface area contributed by atoms with Crippen molar-refractivity contribution in [2.45, 2.75) is 19.0 Å². The van der Waals surface area contributed by atoms with Gasteiger partial charge in [0.1, 0.15) is 5.82 Å². The molecule has 0 aliphatic rings.